The smallest absolute Gasteiger partial charge is 0.412 e. The van der Waals surface area contributed by atoms with Gasteiger partial charge in [-0.3, -0.25) is 10.3 Å². The van der Waals surface area contributed by atoms with E-state index in [-0.39, 0.29) is 10.7 Å². The highest BCUT2D eigenvalue weighted by atomic mass is 35.5. The number of ether oxygens (including phenoxy) is 1. The van der Waals surface area contributed by atoms with Crippen molar-refractivity contribution in [2.75, 3.05) is 5.32 Å². The van der Waals surface area contributed by atoms with Crippen LogP contribution in [0.2, 0.25) is 5.15 Å². The molecule has 84 valence electrons. The Balaban J connectivity index is 2.70. The van der Waals surface area contributed by atoms with Gasteiger partial charge in [-0.15, -0.1) is 0 Å². The lowest BCUT2D eigenvalue weighted by Gasteiger charge is -2.20. The van der Waals surface area contributed by atoms with E-state index in [0.29, 0.717) is 5.69 Å². The molecule has 1 N–H and O–H groups in total. The Hall–Kier alpha value is -1.23. The first-order valence-corrected chi connectivity index (χ1v) is 5.08. The lowest BCUT2D eigenvalue weighted by molar-refractivity contribution is 0.0636. The van der Waals surface area contributed by atoms with Crippen molar-refractivity contribution >= 4 is 36.8 Å². The molecule has 0 aliphatic carbocycles. The van der Waals surface area contributed by atoms with Crippen LogP contribution in [-0.2, 0) is 4.74 Å². The molecule has 0 aliphatic rings. The van der Waals surface area contributed by atoms with Gasteiger partial charge in [-0.2, -0.15) is 0 Å². The molecule has 16 heavy (non-hydrogen) atoms. The number of anilines is 1. The molecule has 6 heteroatoms. The van der Waals surface area contributed by atoms with Crippen LogP contribution in [0, 0.1) is 0 Å². The van der Waals surface area contributed by atoms with E-state index in [1.165, 1.54) is 6.07 Å². The third kappa shape index (κ3) is 4.10. The maximum atomic E-state index is 11.4. The van der Waals surface area contributed by atoms with Gasteiger partial charge in [0.15, 0.2) is 0 Å². The van der Waals surface area contributed by atoms with Gasteiger partial charge in [0.05, 0.1) is 5.69 Å². The number of carbonyl (C=O) groups excluding carboxylic acids is 1. The summed E-state index contributed by atoms with van der Waals surface area (Å²) < 4.78 is 5.06. The second kappa shape index (κ2) is 4.74. The summed E-state index contributed by atoms with van der Waals surface area (Å²) >= 11 is 5.62. The van der Waals surface area contributed by atoms with Gasteiger partial charge >= 0.3 is 6.09 Å². The quantitative estimate of drug-likeness (QED) is 0.600. The molecule has 1 heterocycles. The molecule has 0 spiro atoms. The summed E-state index contributed by atoms with van der Waals surface area (Å²) in [7, 11) is 5.57. The molecular weight excluding hydrogens is 226 g/mol. The summed E-state index contributed by atoms with van der Waals surface area (Å²) in [6, 6.07) is 3.10. The zero-order valence-corrected chi connectivity index (χ0v) is 10.1. The first-order chi connectivity index (χ1) is 7.28. The molecule has 0 aromatic carbocycles. The van der Waals surface area contributed by atoms with Crippen LogP contribution in [0.5, 0.6) is 0 Å². The largest absolute Gasteiger partial charge is 0.444 e. The van der Waals surface area contributed by atoms with Crippen LogP contribution in [-0.4, -0.2) is 24.5 Å². The van der Waals surface area contributed by atoms with Crippen LogP contribution >= 0.6 is 11.6 Å². The van der Waals surface area contributed by atoms with Crippen LogP contribution in [0.4, 0.5) is 10.5 Å². The zero-order chi connectivity index (χ0) is 12.3. The number of nitrogens with one attached hydrogen (secondary N) is 1. The van der Waals surface area contributed by atoms with Gasteiger partial charge in [-0.25, -0.2) is 4.79 Å². The van der Waals surface area contributed by atoms with Crippen molar-refractivity contribution in [3.8, 4) is 0 Å². The summed E-state index contributed by atoms with van der Waals surface area (Å²) in [6.07, 6.45) is -0.580. The van der Waals surface area contributed by atoms with Gasteiger partial charge in [-0.05, 0) is 32.9 Å². The van der Waals surface area contributed by atoms with E-state index in [1.807, 2.05) is 0 Å². The number of halogens is 1. The minimum Gasteiger partial charge on any atom is -0.444 e. The molecule has 0 unspecified atom stereocenters. The molecule has 0 aliphatic heterocycles. The monoisotopic (exact) mass is 238 g/mol. The van der Waals surface area contributed by atoms with E-state index in [4.69, 9.17) is 24.2 Å². The van der Waals surface area contributed by atoms with E-state index < -0.39 is 11.7 Å². The van der Waals surface area contributed by atoms with E-state index in [9.17, 15) is 4.79 Å². The van der Waals surface area contributed by atoms with Crippen molar-refractivity contribution in [3.63, 3.8) is 0 Å². The Morgan fingerprint density at radius 2 is 2.12 bits per heavy atom. The molecule has 1 rings (SSSR count). The Morgan fingerprint density at radius 3 is 2.62 bits per heavy atom. The summed E-state index contributed by atoms with van der Waals surface area (Å²) in [6.45, 7) is 5.32. The standard InChI is InChI=1S/C10H12BClN2O2/c1-10(2,3)16-9(15)13-6-4-5-7(12)14-8(6)11/h4-5H,1-3H3,(H,13,15). The Labute approximate surface area is 101 Å². The van der Waals surface area contributed by atoms with Crippen molar-refractivity contribution in [1.82, 2.24) is 4.98 Å². The molecule has 0 atom stereocenters. The fraction of sp³-hybridized carbons (Fsp3) is 0.400. The average molecular weight is 238 g/mol. The van der Waals surface area contributed by atoms with E-state index in [2.05, 4.69) is 10.3 Å². The third-order valence-electron chi connectivity index (χ3n) is 1.53. The number of aromatic nitrogens is 1. The van der Waals surface area contributed by atoms with Gasteiger partial charge in [0.2, 0.25) is 0 Å². The highest BCUT2D eigenvalue weighted by Crippen LogP contribution is 2.11. The van der Waals surface area contributed by atoms with Gasteiger partial charge in [-0.1, -0.05) is 11.6 Å². The Kier molecular flexibility index (Phi) is 3.81. The molecule has 4 nitrogen and oxygen atoms in total. The molecule has 0 saturated heterocycles. The van der Waals surface area contributed by atoms with Crippen LogP contribution in [0.15, 0.2) is 12.1 Å². The number of rotatable bonds is 1. The highest BCUT2D eigenvalue weighted by molar-refractivity contribution is 6.36. The minimum atomic E-state index is -0.580. The number of hydrogen-bond acceptors (Lipinski definition) is 3. The van der Waals surface area contributed by atoms with Gasteiger partial charge < -0.3 is 4.74 Å². The number of hydrogen-bond donors (Lipinski definition) is 1. The Bertz CT molecular complexity index is 404. The summed E-state index contributed by atoms with van der Waals surface area (Å²) in [5.41, 5.74) is -0.0318. The third-order valence-corrected chi connectivity index (χ3v) is 1.74. The van der Waals surface area contributed by atoms with E-state index in [1.54, 1.807) is 26.8 Å². The lowest BCUT2D eigenvalue weighted by Crippen LogP contribution is -2.29. The van der Waals surface area contributed by atoms with Crippen molar-refractivity contribution in [1.29, 1.82) is 0 Å². The van der Waals surface area contributed by atoms with Crippen molar-refractivity contribution in [3.05, 3.63) is 17.3 Å². The van der Waals surface area contributed by atoms with Crippen LogP contribution in [0.25, 0.3) is 0 Å². The van der Waals surface area contributed by atoms with Crippen LogP contribution < -0.4 is 10.9 Å². The zero-order valence-electron chi connectivity index (χ0n) is 9.37. The molecule has 0 fully saturated rings. The maximum absolute atomic E-state index is 11.4. The Morgan fingerprint density at radius 1 is 1.50 bits per heavy atom. The highest BCUT2D eigenvalue weighted by Gasteiger charge is 2.16. The van der Waals surface area contributed by atoms with Crippen molar-refractivity contribution in [2.24, 2.45) is 0 Å². The second-order valence-corrected chi connectivity index (χ2v) is 4.58. The number of pyridine rings is 1. The fourth-order valence-corrected chi connectivity index (χ4v) is 1.12. The number of amides is 1. The molecule has 1 aromatic rings. The summed E-state index contributed by atoms with van der Waals surface area (Å²) in [4.78, 5) is 15.2. The topological polar surface area (TPSA) is 51.2 Å². The predicted molar refractivity (Wildman–Crippen MR) is 64.5 cm³/mol. The average Bonchev–Trinajstić information content (AvgIpc) is 2.06. The summed E-state index contributed by atoms with van der Waals surface area (Å²) in [5, 5.41) is 2.76. The van der Waals surface area contributed by atoms with Gasteiger partial charge in [0, 0.05) is 5.59 Å². The van der Waals surface area contributed by atoms with Crippen molar-refractivity contribution < 1.29 is 9.53 Å². The fourth-order valence-electron chi connectivity index (χ4n) is 0.969. The van der Waals surface area contributed by atoms with Gasteiger partial charge in [0.25, 0.3) is 0 Å². The molecular formula is C10H12BClN2O2. The SMILES string of the molecule is [B]c1nc(Cl)ccc1NC(=O)OC(C)(C)C. The number of carbonyl (C=O) groups is 1. The van der Waals surface area contributed by atoms with Gasteiger partial charge in [0.1, 0.15) is 18.6 Å². The summed E-state index contributed by atoms with van der Waals surface area (Å²) in [5.74, 6) is 0. The number of nitrogens with zero attached hydrogens (tertiary/aromatic N) is 1. The molecule has 2 radical (unpaired) electrons. The predicted octanol–water partition coefficient (Wildman–Crippen LogP) is 1.88. The minimum absolute atomic E-state index is 0.151. The van der Waals surface area contributed by atoms with E-state index in [0.717, 1.165) is 0 Å². The first kappa shape index (κ1) is 12.8. The van der Waals surface area contributed by atoms with Crippen molar-refractivity contribution in [2.45, 2.75) is 26.4 Å². The molecule has 0 saturated carbocycles. The first-order valence-electron chi connectivity index (χ1n) is 4.70. The lowest BCUT2D eigenvalue weighted by atomic mass is 10.0. The maximum Gasteiger partial charge on any atom is 0.412 e. The second-order valence-electron chi connectivity index (χ2n) is 4.19. The van der Waals surface area contributed by atoms with Crippen LogP contribution in [0.3, 0.4) is 0 Å². The normalized spacial score (nSPS) is 11.0. The molecule has 1 aromatic heterocycles. The van der Waals surface area contributed by atoms with E-state index >= 15 is 0 Å². The molecule has 1 amide bonds. The molecule has 0 bridgehead atoms. The van der Waals surface area contributed by atoms with Crippen LogP contribution in [0.1, 0.15) is 20.8 Å².